The third-order valence-corrected chi connectivity index (χ3v) is 5.22. The molecule has 0 amide bonds. The van der Waals surface area contributed by atoms with Crippen LogP contribution in [0.2, 0.25) is 0 Å². The Labute approximate surface area is 179 Å². The SMILES string of the molecule is Oc1cncc(-c2cc3c(-c4nc5c(-c6cccc(F)c6)cncc5[nH]4)n[nH]c3cn2)c1. The summed E-state index contributed by atoms with van der Waals surface area (Å²) in [6.45, 7) is 0. The van der Waals surface area contributed by atoms with Gasteiger partial charge in [-0.05, 0) is 29.8 Å². The van der Waals surface area contributed by atoms with Crippen LogP contribution in [0.4, 0.5) is 4.39 Å². The van der Waals surface area contributed by atoms with Gasteiger partial charge in [0.1, 0.15) is 17.3 Å². The molecule has 1 aromatic carbocycles. The Kier molecular flexibility index (Phi) is 3.94. The number of halogens is 1. The van der Waals surface area contributed by atoms with Crippen LogP contribution in [0.25, 0.3) is 55.8 Å². The number of aromatic nitrogens is 7. The molecule has 0 fully saturated rings. The summed E-state index contributed by atoms with van der Waals surface area (Å²) in [5.74, 6) is 0.282. The molecule has 5 aromatic heterocycles. The van der Waals surface area contributed by atoms with Crippen molar-refractivity contribution in [2.45, 2.75) is 0 Å². The predicted octanol–water partition coefficient (Wildman–Crippen LogP) is 4.47. The van der Waals surface area contributed by atoms with Crippen molar-refractivity contribution in [3.63, 3.8) is 0 Å². The summed E-state index contributed by atoms with van der Waals surface area (Å²) in [5.41, 5.74) is 5.46. The number of H-pyrrole nitrogens is 2. The monoisotopic (exact) mass is 423 g/mol. The van der Waals surface area contributed by atoms with E-state index < -0.39 is 0 Å². The molecule has 0 saturated carbocycles. The van der Waals surface area contributed by atoms with E-state index in [2.05, 4.69) is 30.1 Å². The third-order valence-electron chi connectivity index (χ3n) is 5.22. The first-order valence-electron chi connectivity index (χ1n) is 9.74. The summed E-state index contributed by atoms with van der Waals surface area (Å²) < 4.78 is 13.8. The van der Waals surface area contributed by atoms with E-state index in [4.69, 9.17) is 4.98 Å². The van der Waals surface area contributed by atoms with Gasteiger partial charge in [-0.3, -0.25) is 20.1 Å². The molecule has 0 spiro atoms. The molecule has 0 saturated heterocycles. The van der Waals surface area contributed by atoms with Crippen molar-refractivity contribution < 1.29 is 9.50 Å². The summed E-state index contributed by atoms with van der Waals surface area (Å²) in [4.78, 5) is 20.7. The smallest absolute Gasteiger partial charge is 0.159 e. The second-order valence-electron chi connectivity index (χ2n) is 7.30. The first-order chi connectivity index (χ1) is 15.7. The van der Waals surface area contributed by atoms with Crippen molar-refractivity contribution in [1.82, 2.24) is 35.1 Å². The van der Waals surface area contributed by atoms with Crippen LogP contribution >= 0.6 is 0 Å². The number of nitrogens with zero attached hydrogens (tertiary/aromatic N) is 5. The number of hydrogen-bond donors (Lipinski definition) is 3. The summed E-state index contributed by atoms with van der Waals surface area (Å²) in [6, 6.07) is 9.79. The number of aromatic hydroxyl groups is 1. The third kappa shape index (κ3) is 2.95. The highest BCUT2D eigenvalue weighted by molar-refractivity contribution is 5.97. The summed E-state index contributed by atoms with van der Waals surface area (Å²) >= 11 is 0. The average molecular weight is 423 g/mol. The molecule has 154 valence electrons. The normalized spacial score (nSPS) is 11.4. The van der Waals surface area contributed by atoms with Crippen LogP contribution in [0.3, 0.4) is 0 Å². The van der Waals surface area contributed by atoms with Gasteiger partial charge in [0.15, 0.2) is 5.82 Å². The molecule has 0 unspecified atom stereocenters. The zero-order chi connectivity index (χ0) is 21.7. The first-order valence-corrected chi connectivity index (χ1v) is 9.74. The number of hydrogen-bond acceptors (Lipinski definition) is 6. The minimum absolute atomic E-state index is 0.0616. The van der Waals surface area contributed by atoms with E-state index in [0.717, 1.165) is 16.5 Å². The molecule has 32 heavy (non-hydrogen) atoms. The topological polar surface area (TPSA) is 116 Å². The second kappa shape index (κ2) is 6.95. The molecule has 6 rings (SSSR count). The lowest BCUT2D eigenvalue weighted by molar-refractivity contribution is 0.473. The quantitative estimate of drug-likeness (QED) is 0.387. The average Bonchev–Trinajstić information content (AvgIpc) is 3.42. The zero-order valence-corrected chi connectivity index (χ0v) is 16.4. The molecule has 0 atom stereocenters. The van der Waals surface area contributed by atoms with Crippen molar-refractivity contribution in [3.8, 4) is 39.7 Å². The summed E-state index contributed by atoms with van der Waals surface area (Å²) in [6.07, 6.45) is 8.01. The van der Waals surface area contributed by atoms with Gasteiger partial charge in [-0.25, -0.2) is 9.37 Å². The van der Waals surface area contributed by atoms with E-state index >= 15 is 0 Å². The Hall–Kier alpha value is -4.66. The van der Waals surface area contributed by atoms with Gasteiger partial charge in [-0.15, -0.1) is 0 Å². The first kappa shape index (κ1) is 18.1. The van der Waals surface area contributed by atoms with Crippen LogP contribution in [-0.4, -0.2) is 40.2 Å². The van der Waals surface area contributed by atoms with Crippen LogP contribution < -0.4 is 0 Å². The maximum atomic E-state index is 13.8. The van der Waals surface area contributed by atoms with Crippen LogP contribution in [-0.2, 0) is 0 Å². The Morgan fingerprint density at radius 3 is 2.66 bits per heavy atom. The molecule has 9 heteroatoms. The molecular formula is C23H14FN7O. The lowest BCUT2D eigenvalue weighted by Crippen LogP contribution is -1.86. The summed E-state index contributed by atoms with van der Waals surface area (Å²) in [7, 11) is 0. The van der Waals surface area contributed by atoms with Crippen molar-refractivity contribution in [2.75, 3.05) is 0 Å². The van der Waals surface area contributed by atoms with E-state index in [0.29, 0.717) is 39.4 Å². The van der Waals surface area contributed by atoms with Crippen LogP contribution in [0, 0.1) is 5.82 Å². The Morgan fingerprint density at radius 2 is 1.78 bits per heavy atom. The highest BCUT2D eigenvalue weighted by Crippen LogP contribution is 2.32. The Morgan fingerprint density at radius 1 is 0.875 bits per heavy atom. The number of imidazole rings is 1. The fraction of sp³-hybridized carbons (Fsp3) is 0. The largest absolute Gasteiger partial charge is 0.506 e. The second-order valence-corrected chi connectivity index (χ2v) is 7.30. The van der Waals surface area contributed by atoms with E-state index in [1.807, 2.05) is 12.1 Å². The van der Waals surface area contributed by atoms with Gasteiger partial charge in [0, 0.05) is 28.9 Å². The van der Waals surface area contributed by atoms with Gasteiger partial charge >= 0.3 is 0 Å². The molecule has 0 aliphatic carbocycles. The highest BCUT2D eigenvalue weighted by atomic mass is 19.1. The maximum absolute atomic E-state index is 13.8. The van der Waals surface area contributed by atoms with Crippen molar-refractivity contribution in [3.05, 3.63) is 73.2 Å². The standard InChI is InChI=1S/C23H14FN7O/c24-14-3-1-2-12(4-14)17-9-26-10-20-21(17)29-23(28-20)22-16-6-18(27-11-19(16)30-31-22)13-5-15(32)8-25-7-13/h1-11,32H,(H,28,29)(H,30,31). The van der Waals surface area contributed by atoms with Gasteiger partial charge in [0.25, 0.3) is 0 Å². The van der Waals surface area contributed by atoms with Crippen LogP contribution in [0.5, 0.6) is 5.75 Å². The number of nitrogens with one attached hydrogen (secondary N) is 2. The van der Waals surface area contributed by atoms with Crippen molar-refractivity contribution in [2.24, 2.45) is 0 Å². The fourth-order valence-electron chi connectivity index (χ4n) is 3.74. The molecule has 0 bridgehead atoms. The highest BCUT2D eigenvalue weighted by Gasteiger charge is 2.17. The molecular weight excluding hydrogens is 409 g/mol. The molecule has 8 nitrogen and oxygen atoms in total. The van der Waals surface area contributed by atoms with Gasteiger partial charge < -0.3 is 10.1 Å². The number of rotatable bonds is 3. The maximum Gasteiger partial charge on any atom is 0.159 e. The van der Waals surface area contributed by atoms with Crippen molar-refractivity contribution >= 4 is 21.9 Å². The number of pyridine rings is 3. The lowest BCUT2D eigenvalue weighted by Gasteiger charge is -2.02. The van der Waals surface area contributed by atoms with Gasteiger partial charge in [-0.2, -0.15) is 5.10 Å². The van der Waals surface area contributed by atoms with Crippen LogP contribution in [0.1, 0.15) is 0 Å². The Bertz CT molecular complexity index is 1620. The van der Waals surface area contributed by atoms with Gasteiger partial charge in [-0.1, -0.05) is 12.1 Å². The Balaban J connectivity index is 1.51. The molecule has 0 radical (unpaired) electrons. The van der Waals surface area contributed by atoms with E-state index in [1.165, 1.54) is 18.3 Å². The minimum atomic E-state index is -0.324. The van der Waals surface area contributed by atoms with E-state index in [1.54, 1.807) is 36.9 Å². The van der Waals surface area contributed by atoms with E-state index in [-0.39, 0.29) is 11.6 Å². The molecule has 0 aliphatic heterocycles. The number of aromatic amines is 2. The number of fused-ring (bicyclic) bond motifs is 2. The number of benzene rings is 1. The van der Waals surface area contributed by atoms with Crippen LogP contribution in [0.15, 0.2) is 67.4 Å². The van der Waals surface area contributed by atoms with Crippen molar-refractivity contribution in [1.29, 1.82) is 0 Å². The fourth-order valence-corrected chi connectivity index (χ4v) is 3.74. The van der Waals surface area contributed by atoms with E-state index in [9.17, 15) is 9.50 Å². The molecule has 3 N–H and O–H groups in total. The molecule has 5 heterocycles. The molecule has 0 aliphatic rings. The molecule has 6 aromatic rings. The van der Waals surface area contributed by atoms with Gasteiger partial charge in [0.05, 0.1) is 40.8 Å². The van der Waals surface area contributed by atoms with Gasteiger partial charge in [0.2, 0.25) is 0 Å². The predicted molar refractivity (Wildman–Crippen MR) is 117 cm³/mol. The lowest BCUT2D eigenvalue weighted by atomic mass is 10.1. The zero-order valence-electron chi connectivity index (χ0n) is 16.4. The summed E-state index contributed by atoms with van der Waals surface area (Å²) in [5, 5.41) is 17.9. The minimum Gasteiger partial charge on any atom is -0.506 e.